The first-order valence-corrected chi connectivity index (χ1v) is 7.17. The molecule has 1 unspecified atom stereocenters. The first kappa shape index (κ1) is 14.7. The minimum Gasteiger partial charge on any atom is -0.485 e. The van der Waals surface area contributed by atoms with Crippen LogP contribution in [0.2, 0.25) is 0 Å². The molecule has 0 radical (unpaired) electrons. The lowest BCUT2D eigenvalue weighted by Gasteiger charge is -2.14. The van der Waals surface area contributed by atoms with Crippen molar-refractivity contribution in [3.8, 4) is 5.75 Å². The topological polar surface area (TPSA) is 34.4 Å². The summed E-state index contributed by atoms with van der Waals surface area (Å²) in [5, 5.41) is 3.10. The van der Waals surface area contributed by atoms with Crippen LogP contribution in [0.25, 0.3) is 0 Å². The van der Waals surface area contributed by atoms with Gasteiger partial charge in [-0.1, -0.05) is 32.0 Å². The second kappa shape index (κ2) is 7.15. The highest BCUT2D eigenvalue weighted by Gasteiger charge is 2.10. The zero-order valence-corrected chi connectivity index (χ0v) is 12.5. The van der Waals surface area contributed by atoms with Crippen LogP contribution in [-0.4, -0.2) is 7.05 Å². The zero-order valence-electron chi connectivity index (χ0n) is 12.5. The van der Waals surface area contributed by atoms with Gasteiger partial charge in [-0.15, -0.1) is 0 Å². The fraction of sp³-hybridized carbons (Fsp3) is 0.412. The van der Waals surface area contributed by atoms with E-state index in [9.17, 15) is 0 Å². The Morgan fingerprint density at radius 1 is 1.30 bits per heavy atom. The van der Waals surface area contributed by atoms with Gasteiger partial charge >= 0.3 is 0 Å². The van der Waals surface area contributed by atoms with Gasteiger partial charge in [0, 0.05) is 12.1 Å². The summed E-state index contributed by atoms with van der Waals surface area (Å²) in [6.07, 6.45) is 2.88. The molecule has 108 valence electrons. The summed E-state index contributed by atoms with van der Waals surface area (Å²) in [4.78, 5) is 0. The molecule has 0 aliphatic rings. The van der Waals surface area contributed by atoms with E-state index < -0.39 is 0 Å². The molecule has 0 aliphatic carbocycles. The monoisotopic (exact) mass is 273 g/mol. The molecule has 2 rings (SSSR count). The molecule has 3 nitrogen and oxygen atoms in total. The Morgan fingerprint density at radius 3 is 2.85 bits per heavy atom. The van der Waals surface area contributed by atoms with Gasteiger partial charge in [-0.05, 0) is 37.1 Å². The third kappa shape index (κ3) is 3.64. The normalized spacial score (nSPS) is 12.3. The van der Waals surface area contributed by atoms with Gasteiger partial charge in [-0.3, -0.25) is 0 Å². The Bertz CT molecular complexity index is 533. The summed E-state index contributed by atoms with van der Waals surface area (Å²) in [6, 6.07) is 10.3. The van der Waals surface area contributed by atoms with E-state index in [0.717, 1.165) is 30.0 Å². The fourth-order valence-electron chi connectivity index (χ4n) is 2.19. The van der Waals surface area contributed by atoms with E-state index in [0.29, 0.717) is 12.5 Å². The van der Waals surface area contributed by atoms with Gasteiger partial charge in [0.05, 0.1) is 6.26 Å². The van der Waals surface area contributed by atoms with Crippen molar-refractivity contribution >= 4 is 0 Å². The predicted octanol–water partition coefficient (Wildman–Crippen LogP) is 4.09. The van der Waals surface area contributed by atoms with Crippen molar-refractivity contribution in [2.75, 3.05) is 7.05 Å². The summed E-state index contributed by atoms with van der Waals surface area (Å²) in [7, 11) is 1.92. The van der Waals surface area contributed by atoms with Crippen LogP contribution in [0.15, 0.2) is 41.0 Å². The maximum absolute atomic E-state index is 5.92. The molecule has 1 N–H and O–H groups in total. The molecule has 0 saturated heterocycles. The maximum Gasteiger partial charge on any atom is 0.146 e. The molecule has 0 aliphatic heterocycles. The summed E-state index contributed by atoms with van der Waals surface area (Å²) in [6.45, 7) is 5.70. The average Bonchev–Trinajstić information content (AvgIpc) is 2.93. The van der Waals surface area contributed by atoms with Crippen molar-refractivity contribution < 1.29 is 9.15 Å². The Kier molecular flexibility index (Phi) is 5.24. The van der Waals surface area contributed by atoms with Crippen LogP contribution in [0, 0.1) is 0 Å². The van der Waals surface area contributed by atoms with Crippen molar-refractivity contribution in [1.29, 1.82) is 0 Å². The molecule has 1 atom stereocenters. The number of nitrogens with one attached hydrogen (secondary N) is 1. The third-order valence-corrected chi connectivity index (χ3v) is 3.52. The minimum atomic E-state index is 0.469. The Balaban J connectivity index is 2.02. The predicted molar refractivity (Wildman–Crippen MR) is 81.0 cm³/mol. The number of para-hydroxylation sites is 1. The number of hydrogen-bond acceptors (Lipinski definition) is 3. The highest BCUT2D eigenvalue weighted by molar-refractivity contribution is 5.36. The van der Waals surface area contributed by atoms with Crippen LogP contribution in [0.5, 0.6) is 5.75 Å². The van der Waals surface area contributed by atoms with E-state index in [-0.39, 0.29) is 0 Å². The lowest BCUT2D eigenvalue weighted by Crippen LogP contribution is -2.03. The van der Waals surface area contributed by atoms with E-state index >= 15 is 0 Å². The van der Waals surface area contributed by atoms with Crippen LogP contribution in [0.3, 0.4) is 0 Å². The molecule has 0 saturated carbocycles. The van der Waals surface area contributed by atoms with Gasteiger partial charge in [0.25, 0.3) is 0 Å². The number of hydrogen-bond donors (Lipinski definition) is 1. The molecule has 1 heterocycles. The highest BCUT2D eigenvalue weighted by Crippen LogP contribution is 2.29. The van der Waals surface area contributed by atoms with Crippen LogP contribution >= 0.6 is 0 Å². The molecule has 0 spiro atoms. The van der Waals surface area contributed by atoms with Crippen molar-refractivity contribution in [1.82, 2.24) is 5.32 Å². The van der Waals surface area contributed by atoms with Crippen molar-refractivity contribution in [2.24, 2.45) is 0 Å². The van der Waals surface area contributed by atoms with Gasteiger partial charge in [-0.2, -0.15) is 0 Å². The molecule has 3 heteroatoms. The SMILES string of the molecule is CCC(C)c1ccccc1OCc1cc(CNC)co1. The van der Waals surface area contributed by atoms with E-state index in [1.54, 1.807) is 6.26 Å². The van der Waals surface area contributed by atoms with Gasteiger partial charge in [0.2, 0.25) is 0 Å². The van der Waals surface area contributed by atoms with Gasteiger partial charge in [0.15, 0.2) is 0 Å². The molecule has 0 bridgehead atoms. The Morgan fingerprint density at radius 2 is 2.10 bits per heavy atom. The average molecular weight is 273 g/mol. The molecule has 2 aromatic rings. The van der Waals surface area contributed by atoms with Gasteiger partial charge < -0.3 is 14.5 Å². The van der Waals surface area contributed by atoms with E-state index in [1.165, 1.54) is 5.56 Å². The number of rotatable bonds is 7. The molecule has 20 heavy (non-hydrogen) atoms. The van der Waals surface area contributed by atoms with E-state index in [4.69, 9.17) is 9.15 Å². The van der Waals surface area contributed by atoms with Crippen LogP contribution < -0.4 is 10.1 Å². The summed E-state index contributed by atoms with van der Waals surface area (Å²) in [5.74, 6) is 2.31. The standard InChI is InChI=1S/C17H23NO2/c1-4-13(2)16-7-5-6-8-17(16)20-12-15-9-14(10-18-3)11-19-15/h5-9,11,13,18H,4,10,12H2,1-3H3. The Hall–Kier alpha value is -1.74. The van der Waals surface area contributed by atoms with Crippen LogP contribution in [-0.2, 0) is 13.2 Å². The summed E-state index contributed by atoms with van der Waals surface area (Å²) in [5.41, 5.74) is 2.40. The second-order valence-corrected chi connectivity index (χ2v) is 5.09. The zero-order chi connectivity index (χ0) is 14.4. The van der Waals surface area contributed by atoms with Gasteiger partial charge in [0.1, 0.15) is 18.1 Å². The summed E-state index contributed by atoms with van der Waals surface area (Å²) >= 11 is 0. The summed E-state index contributed by atoms with van der Waals surface area (Å²) < 4.78 is 11.4. The number of benzene rings is 1. The number of ether oxygens (including phenoxy) is 1. The first-order valence-electron chi connectivity index (χ1n) is 7.17. The van der Waals surface area contributed by atoms with Crippen molar-refractivity contribution in [2.45, 2.75) is 39.3 Å². The van der Waals surface area contributed by atoms with Crippen LogP contribution in [0.4, 0.5) is 0 Å². The second-order valence-electron chi connectivity index (χ2n) is 5.09. The van der Waals surface area contributed by atoms with E-state index in [1.807, 2.05) is 25.2 Å². The van der Waals surface area contributed by atoms with E-state index in [2.05, 4.69) is 31.3 Å². The maximum atomic E-state index is 5.92. The quantitative estimate of drug-likeness (QED) is 0.825. The lowest BCUT2D eigenvalue weighted by atomic mass is 9.98. The third-order valence-electron chi connectivity index (χ3n) is 3.52. The molecule has 1 aromatic heterocycles. The largest absolute Gasteiger partial charge is 0.485 e. The Labute approximate surface area is 121 Å². The minimum absolute atomic E-state index is 0.469. The lowest BCUT2D eigenvalue weighted by molar-refractivity contribution is 0.266. The van der Waals surface area contributed by atoms with Crippen molar-refractivity contribution in [3.05, 3.63) is 53.5 Å². The molecule has 1 aromatic carbocycles. The fourth-order valence-corrected chi connectivity index (χ4v) is 2.19. The number of furan rings is 1. The molecule has 0 fully saturated rings. The van der Waals surface area contributed by atoms with Crippen molar-refractivity contribution in [3.63, 3.8) is 0 Å². The molecular formula is C17H23NO2. The van der Waals surface area contributed by atoms with Crippen LogP contribution in [0.1, 0.15) is 43.1 Å². The smallest absolute Gasteiger partial charge is 0.146 e. The highest BCUT2D eigenvalue weighted by atomic mass is 16.5. The molecule has 0 amide bonds. The molecular weight excluding hydrogens is 250 g/mol. The first-order chi connectivity index (χ1) is 9.74. The van der Waals surface area contributed by atoms with Gasteiger partial charge in [-0.25, -0.2) is 0 Å².